The summed E-state index contributed by atoms with van der Waals surface area (Å²) in [5, 5.41) is 32.0. The molecule has 1 aromatic carbocycles. The number of barbiturate groups is 1. The van der Waals surface area contributed by atoms with Gasteiger partial charge in [-0.15, -0.1) is 0 Å². The second-order valence-corrected chi connectivity index (χ2v) is 9.83. The number of hydrogen-bond acceptors (Lipinski definition) is 10. The van der Waals surface area contributed by atoms with Crippen molar-refractivity contribution >= 4 is 47.3 Å². The maximum Gasteiger partial charge on any atom is 0.335 e. The molecule has 1 aliphatic rings. The summed E-state index contributed by atoms with van der Waals surface area (Å²) >= 11 is 0. The van der Waals surface area contributed by atoms with Crippen molar-refractivity contribution in [2.75, 3.05) is 18.2 Å². The highest BCUT2D eigenvalue weighted by molar-refractivity contribution is 6.16. The Bertz CT molecular complexity index is 1290. The molecule has 0 aliphatic carbocycles. The third-order valence-electron chi connectivity index (χ3n) is 6.60. The number of unbranched alkanes of at least 4 members (excludes halogenated alkanes) is 1. The number of imide groups is 2. The number of amides is 5. The number of hydrogen-bond donors (Lipinski definition) is 6. The molecule has 0 radical (unpaired) electrons. The van der Waals surface area contributed by atoms with E-state index < -0.39 is 79.7 Å². The van der Waals surface area contributed by atoms with Crippen LogP contribution in [0, 0.1) is 0 Å². The van der Waals surface area contributed by atoms with Crippen molar-refractivity contribution < 1.29 is 53.3 Å². The Kier molecular flexibility index (Phi) is 13.2. The Balaban J connectivity index is 1.97. The molecule has 240 valence electrons. The third-order valence-corrected chi connectivity index (χ3v) is 6.60. The van der Waals surface area contributed by atoms with Crippen molar-refractivity contribution in [2.24, 2.45) is 11.6 Å². The van der Waals surface area contributed by atoms with Crippen molar-refractivity contribution in [1.29, 1.82) is 0 Å². The van der Waals surface area contributed by atoms with Crippen molar-refractivity contribution in [3.63, 3.8) is 0 Å². The summed E-state index contributed by atoms with van der Waals surface area (Å²) in [4.78, 5) is 85.5. The van der Waals surface area contributed by atoms with Crippen LogP contribution >= 0.6 is 0 Å². The van der Waals surface area contributed by atoms with E-state index in [1.54, 1.807) is 12.1 Å². The minimum Gasteiger partial charge on any atom is -0.481 e. The van der Waals surface area contributed by atoms with E-state index in [2.05, 4.69) is 5.32 Å². The van der Waals surface area contributed by atoms with E-state index in [4.69, 9.17) is 16.7 Å². The molecular formula is C27H35FN6O10. The lowest BCUT2D eigenvalue weighted by Crippen LogP contribution is -2.63. The molecule has 1 aliphatic heterocycles. The maximum absolute atomic E-state index is 13.0. The molecule has 8 N–H and O–H groups in total. The number of nitrogens with two attached hydrogens (primary N) is 2. The van der Waals surface area contributed by atoms with E-state index in [1.165, 1.54) is 23.3 Å². The van der Waals surface area contributed by atoms with Gasteiger partial charge in [0.2, 0.25) is 11.8 Å². The van der Waals surface area contributed by atoms with Crippen LogP contribution in [0.1, 0.15) is 61.7 Å². The first kappa shape index (κ1) is 35.1. The van der Waals surface area contributed by atoms with Crippen LogP contribution < -0.4 is 21.9 Å². The second kappa shape index (κ2) is 16.5. The van der Waals surface area contributed by atoms with Crippen LogP contribution in [0.5, 0.6) is 0 Å². The molecule has 0 spiro atoms. The summed E-state index contributed by atoms with van der Waals surface area (Å²) in [6.07, 6.45) is -0.164. The number of allylic oxidation sites excluding steroid dienone is 1. The molecule has 17 heteroatoms. The van der Waals surface area contributed by atoms with Gasteiger partial charge in [0.1, 0.15) is 18.5 Å². The fourth-order valence-corrected chi connectivity index (χ4v) is 4.37. The molecule has 1 saturated heterocycles. The molecular weight excluding hydrogens is 587 g/mol. The fraction of sp³-hybridized carbons (Fsp3) is 0.444. The standard InChI is InChI=1S/C27H35FN6O10/c28-12-3-4-17(29)15-32(30)18-8-6-16(7-9-18)24(39)31-13-2-1-5-19(25(40)41)33-21(35)14-22(36)34(27(33)44)20(26(42)43)10-11-23(37)38/h6-9,15,19-20H,1-5,10-14,29-30H2,(H,31,39)(H,37,38)(H,40,41)(H,42,43)/b17-15-/t19-,20-/m0/s1. The van der Waals surface area contributed by atoms with Crippen LogP contribution in [0.25, 0.3) is 0 Å². The number of rotatable bonds is 18. The molecule has 2 atom stereocenters. The zero-order valence-electron chi connectivity index (χ0n) is 23.7. The second-order valence-electron chi connectivity index (χ2n) is 9.83. The minimum absolute atomic E-state index is 0.104. The lowest BCUT2D eigenvalue weighted by Gasteiger charge is -2.38. The Morgan fingerprint density at radius 1 is 0.909 bits per heavy atom. The Hall–Kier alpha value is -5.06. The van der Waals surface area contributed by atoms with Gasteiger partial charge in [-0.1, -0.05) is 0 Å². The minimum atomic E-state index is -1.91. The molecule has 2 rings (SSSR count). The number of halogens is 1. The number of carboxylic acid groups (broad SMARTS) is 3. The zero-order valence-corrected chi connectivity index (χ0v) is 23.7. The van der Waals surface area contributed by atoms with Gasteiger partial charge in [-0.2, -0.15) is 0 Å². The van der Waals surface area contributed by atoms with E-state index >= 15 is 0 Å². The third kappa shape index (κ3) is 9.75. The van der Waals surface area contributed by atoms with Gasteiger partial charge in [0.15, 0.2) is 0 Å². The van der Waals surface area contributed by atoms with Gasteiger partial charge in [0.25, 0.3) is 5.91 Å². The largest absolute Gasteiger partial charge is 0.481 e. The van der Waals surface area contributed by atoms with Crippen molar-refractivity contribution in [3.8, 4) is 0 Å². The van der Waals surface area contributed by atoms with Crippen LogP contribution in [0.3, 0.4) is 0 Å². The summed E-state index contributed by atoms with van der Waals surface area (Å²) in [5.74, 6) is -1.47. The molecule has 1 heterocycles. The maximum atomic E-state index is 13.0. The summed E-state index contributed by atoms with van der Waals surface area (Å²) in [6.45, 7) is -0.402. The number of nitrogens with zero attached hydrogens (tertiary/aromatic N) is 3. The summed E-state index contributed by atoms with van der Waals surface area (Å²) in [7, 11) is 0. The molecule has 1 aromatic rings. The first-order valence-electron chi connectivity index (χ1n) is 13.6. The number of carboxylic acids is 3. The zero-order chi connectivity index (χ0) is 33.0. The van der Waals surface area contributed by atoms with Crippen molar-refractivity contribution in [2.45, 2.75) is 63.5 Å². The van der Waals surface area contributed by atoms with Crippen LogP contribution in [-0.4, -0.2) is 92.1 Å². The van der Waals surface area contributed by atoms with E-state index in [0.29, 0.717) is 28.3 Å². The highest BCUT2D eigenvalue weighted by atomic mass is 19.1. The van der Waals surface area contributed by atoms with Gasteiger partial charge in [0, 0.05) is 30.4 Å². The first-order valence-corrected chi connectivity index (χ1v) is 13.6. The number of hydrazine groups is 1. The average Bonchev–Trinajstić information content (AvgIpc) is 2.95. The molecule has 0 saturated carbocycles. The number of benzene rings is 1. The lowest BCUT2D eigenvalue weighted by molar-refractivity contribution is -0.158. The monoisotopic (exact) mass is 622 g/mol. The van der Waals surface area contributed by atoms with Gasteiger partial charge in [-0.05, 0) is 62.8 Å². The number of alkyl halides is 1. The Morgan fingerprint density at radius 2 is 1.48 bits per heavy atom. The summed E-state index contributed by atoms with van der Waals surface area (Å²) in [6, 6.07) is 1.07. The molecule has 1 fully saturated rings. The predicted molar refractivity (Wildman–Crippen MR) is 150 cm³/mol. The van der Waals surface area contributed by atoms with Gasteiger partial charge in [-0.3, -0.25) is 28.6 Å². The highest BCUT2D eigenvalue weighted by Crippen LogP contribution is 2.23. The van der Waals surface area contributed by atoms with Crippen LogP contribution in [0.2, 0.25) is 0 Å². The van der Waals surface area contributed by atoms with E-state index in [9.17, 15) is 48.2 Å². The number of nitrogens with one attached hydrogen (secondary N) is 1. The molecule has 5 amide bonds. The summed E-state index contributed by atoms with van der Waals surface area (Å²) in [5.41, 5.74) is 6.99. The van der Waals surface area contributed by atoms with E-state index in [1.807, 2.05) is 0 Å². The molecule has 0 unspecified atom stereocenters. The normalized spacial score (nSPS) is 15.1. The number of carbonyl (C=O) groups is 7. The van der Waals surface area contributed by atoms with Gasteiger partial charge in [-0.25, -0.2) is 30.0 Å². The Morgan fingerprint density at radius 3 is 2.00 bits per heavy atom. The van der Waals surface area contributed by atoms with Crippen LogP contribution in [0.15, 0.2) is 36.2 Å². The van der Waals surface area contributed by atoms with E-state index in [-0.39, 0.29) is 37.1 Å². The van der Waals surface area contributed by atoms with Gasteiger partial charge in [0.05, 0.1) is 12.4 Å². The first-order chi connectivity index (χ1) is 20.8. The predicted octanol–water partition coefficient (Wildman–Crippen LogP) is 0.769. The Labute approximate surface area is 251 Å². The smallest absolute Gasteiger partial charge is 0.335 e. The van der Waals surface area contributed by atoms with Crippen molar-refractivity contribution in [3.05, 3.63) is 41.7 Å². The number of urea groups is 1. The number of aliphatic carboxylic acids is 3. The molecule has 0 aromatic heterocycles. The highest BCUT2D eigenvalue weighted by Gasteiger charge is 2.48. The number of anilines is 1. The van der Waals surface area contributed by atoms with E-state index in [0.717, 1.165) is 0 Å². The quantitative estimate of drug-likeness (QED) is 0.0573. The SMILES string of the molecule is N/C(=C\N(N)c1ccc(C(=O)NCCCC[C@@H](C(=O)O)N2C(=O)CC(=O)N([C@@H](CCC(=O)O)C(=O)O)C2=O)cc1)CCCF. The van der Waals surface area contributed by atoms with Crippen LogP contribution in [-0.2, 0) is 24.0 Å². The fourth-order valence-electron chi connectivity index (χ4n) is 4.37. The van der Waals surface area contributed by atoms with Crippen LogP contribution in [0.4, 0.5) is 14.9 Å². The van der Waals surface area contributed by atoms with Crippen molar-refractivity contribution in [1.82, 2.24) is 15.1 Å². The van der Waals surface area contributed by atoms with Gasteiger partial charge >= 0.3 is 23.9 Å². The molecule has 44 heavy (non-hydrogen) atoms. The average molecular weight is 623 g/mol. The lowest BCUT2D eigenvalue weighted by atomic mass is 10.0. The van der Waals surface area contributed by atoms with Gasteiger partial charge < -0.3 is 26.4 Å². The summed E-state index contributed by atoms with van der Waals surface area (Å²) < 4.78 is 12.3. The molecule has 0 bridgehead atoms. The molecule has 16 nitrogen and oxygen atoms in total. The topological polar surface area (TPSA) is 254 Å². The number of carbonyl (C=O) groups excluding carboxylic acids is 4.